The second-order valence-electron chi connectivity index (χ2n) is 6.29. The molecule has 2 heterocycles. The van der Waals surface area contributed by atoms with Gasteiger partial charge in [0.05, 0.1) is 5.69 Å². The van der Waals surface area contributed by atoms with Crippen molar-refractivity contribution in [3.63, 3.8) is 0 Å². The number of benzene rings is 2. The SMILES string of the molecule is Cc1ccc(-c2ccc(/C=C3/NC(=O)N(c4cccc(Cl)c4)C3=O)o2)c(Br)c1. The third-order valence-electron chi connectivity index (χ3n) is 4.25. The van der Waals surface area contributed by atoms with Crippen LogP contribution in [0.1, 0.15) is 11.3 Å². The smallest absolute Gasteiger partial charge is 0.333 e. The number of carbonyl (C=O) groups is 2. The quantitative estimate of drug-likeness (QED) is 0.401. The number of urea groups is 1. The zero-order chi connectivity index (χ0) is 19.8. The van der Waals surface area contributed by atoms with Crippen LogP contribution in [-0.2, 0) is 4.79 Å². The third-order valence-corrected chi connectivity index (χ3v) is 5.14. The molecule has 3 aromatic rings. The number of carbonyl (C=O) groups excluding carboxylic acids is 2. The predicted octanol–water partition coefficient (Wildman–Crippen LogP) is 5.77. The lowest BCUT2D eigenvalue weighted by atomic mass is 10.1. The molecule has 28 heavy (non-hydrogen) atoms. The Balaban J connectivity index is 1.62. The van der Waals surface area contributed by atoms with Crippen molar-refractivity contribution in [2.45, 2.75) is 6.92 Å². The van der Waals surface area contributed by atoms with E-state index in [9.17, 15) is 9.59 Å². The van der Waals surface area contributed by atoms with E-state index in [1.54, 1.807) is 30.3 Å². The van der Waals surface area contributed by atoms with Gasteiger partial charge in [0.15, 0.2) is 0 Å². The van der Waals surface area contributed by atoms with Gasteiger partial charge in [0.25, 0.3) is 5.91 Å². The van der Waals surface area contributed by atoms with E-state index >= 15 is 0 Å². The van der Waals surface area contributed by atoms with Crippen molar-refractivity contribution in [2.75, 3.05) is 4.90 Å². The van der Waals surface area contributed by atoms with Gasteiger partial charge in [0.2, 0.25) is 0 Å². The summed E-state index contributed by atoms with van der Waals surface area (Å²) >= 11 is 9.50. The van der Waals surface area contributed by atoms with E-state index in [1.165, 1.54) is 6.08 Å². The molecule has 0 bridgehead atoms. The van der Waals surface area contributed by atoms with Crippen LogP contribution in [0.3, 0.4) is 0 Å². The second-order valence-corrected chi connectivity index (χ2v) is 7.58. The summed E-state index contributed by atoms with van der Waals surface area (Å²) in [7, 11) is 0. The number of hydrogen-bond acceptors (Lipinski definition) is 3. The maximum atomic E-state index is 12.7. The molecule has 140 valence electrons. The first-order valence-corrected chi connectivity index (χ1v) is 9.58. The van der Waals surface area contributed by atoms with E-state index < -0.39 is 11.9 Å². The number of hydrogen-bond donors (Lipinski definition) is 1. The van der Waals surface area contributed by atoms with E-state index in [2.05, 4.69) is 21.2 Å². The first-order chi connectivity index (χ1) is 13.4. The Morgan fingerprint density at radius 1 is 1.11 bits per heavy atom. The summed E-state index contributed by atoms with van der Waals surface area (Å²) in [6.07, 6.45) is 1.51. The van der Waals surface area contributed by atoms with Crippen LogP contribution in [0.15, 0.2) is 69.2 Å². The van der Waals surface area contributed by atoms with Crippen molar-refractivity contribution in [3.8, 4) is 11.3 Å². The molecule has 0 saturated carbocycles. The molecule has 0 radical (unpaired) electrons. The molecule has 7 heteroatoms. The Kier molecular flexibility index (Phi) is 4.83. The summed E-state index contributed by atoms with van der Waals surface area (Å²) in [4.78, 5) is 26.0. The zero-order valence-electron chi connectivity index (χ0n) is 14.7. The zero-order valence-corrected chi connectivity index (χ0v) is 17.0. The Labute approximate surface area is 174 Å². The highest BCUT2D eigenvalue weighted by Gasteiger charge is 2.35. The van der Waals surface area contributed by atoms with Gasteiger partial charge < -0.3 is 9.73 Å². The molecule has 0 unspecified atom stereocenters. The number of nitrogens with one attached hydrogen (secondary N) is 1. The molecular formula is C21H14BrClN2O3. The van der Waals surface area contributed by atoms with E-state index in [-0.39, 0.29) is 5.70 Å². The number of imide groups is 1. The minimum atomic E-state index is -0.536. The lowest BCUT2D eigenvalue weighted by Gasteiger charge is -2.11. The molecular weight excluding hydrogens is 444 g/mol. The maximum Gasteiger partial charge on any atom is 0.333 e. The number of rotatable bonds is 3. The molecule has 0 aliphatic carbocycles. The molecule has 1 aliphatic heterocycles. The van der Waals surface area contributed by atoms with Gasteiger partial charge in [-0.25, -0.2) is 9.69 Å². The molecule has 1 saturated heterocycles. The summed E-state index contributed by atoms with van der Waals surface area (Å²) in [6, 6.07) is 15.5. The Hall–Kier alpha value is -2.83. The van der Waals surface area contributed by atoms with E-state index in [4.69, 9.17) is 16.0 Å². The van der Waals surface area contributed by atoms with Crippen molar-refractivity contribution < 1.29 is 14.0 Å². The molecule has 1 aromatic heterocycles. The van der Waals surface area contributed by atoms with Gasteiger partial charge in [-0.3, -0.25) is 4.79 Å². The van der Waals surface area contributed by atoms with Crippen molar-refractivity contribution in [1.29, 1.82) is 0 Å². The largest absolute Gasteiger partial charge is 0.457 e. The number of anilines is 1. The molecule has 0 spiro atoms. The summed E-state index contributed by atoms with van der Waals surface area (Å²) in [5, 5.41) is 3.01. The predicted molar refractivity (Wildman–Crippen MR) is 112 cm³/mol. The highest BCUT2D eigenvalue weighted by atomic mass is 79.9. The summed E-state index contributed by atoms with van der Waals surface area (Å²) in [5.41, 5.74) is 2.57. The van der Waals surface area contributed by atoms with E-state index in [0.717, 1.165) is 20.5 Å². The van der Waals surface area contributed by atoms with Crippen molar-refractivity contribution in [1.82, 2.24) is 5.32 Å². The lowest BCUT2D eigenvalue weighted by molar-refractivity contribution is -0.113. The van der Waals surface area contributed by atoms with Crippen LogP contribution in [0.2, 0.25) is 5.02 Å². The number of halogens is 2. The van der Waals surface area contributed by atoms with E-state index in [0.29, 0.717) is 22.2 Å². The molecule has 1 aliphatic rings. The minimum Gasteiger partial charge on any atom is -0.457 e. The highest BCUT2D eigenvalue weighted by molar-refractivity contribution is 9.10. The average Bonchev–Trinajstić information content (AvgIpc) is 3.20. The number of nitrogens with zero attached hydrogens (tertiary/aromatic N) is 1. The summed E-state index contributed by atoms with van der Waals surface area (Å²) in [6.45, 7) is 2.01. The normalized spacial score (nSPS) is 15.4. The average molecular weight is 458 g/mol. The van der Waals surface area contributed by atoms with Crippen LogP contribution in [0, 0.1) is 6.92 Å². The van der Waals surface area contributed by atoms with E-state index in [1.807, 2.05) is 31.2 Å². The van der Waals surface area contributed by atoms with Crippen LogP contribution < -0.4 is 10.2 Å². The molecule has 1 N–H and O–H groups in total. The molecule has 0 atom stereocenters. The molecule has 5 nitrogen and oxygen atoms in total. The number of amides is 3. The standard InChI is InChI=1S/C21H14BrClN2O3/c1-12-5-7-16(17(22)9-12)19-8-6-15(28-19)11-18-20(26)25(21(27)24-18)14-4-2-3-13(23)10-14/h2-11H,1H3,(H,24,27)/b18-11+. The molecule has 2 aromatic carbocycles. The van der Waals surface area contributed by atoms with Gasteiger partial charge in [-0.2, -0.15) is 0 Å². The molecule has 3 amide bonds. The Morgan fingerprint density at radius 2 is 1.93 bits per heavy atom. The van der Waals surface area contributed by atoms with Crippen LogP contribution in [-0.4, -0.2) is 11.9 Å². The van der Waals surface area contributed by atoms with Crippen molar-refractivity contribution in [3.05, 3.63) is 81.1 Å². The van der Waals surface area contributed by atoms with Crippen molar-refractivity contribution >= 4 is 51.2 Å². The van der Waals surface area contributed by atoms with Crippen LogP contribution in [0.4, 0.5) is 10.5 Å². The minimum absolute atomic E-state index is 0.133. The summed E-state index contributed by atoms with van der Waals surface area (Å²) in [5.74, 6) is 0.642. The van der Waals surface area contributed by atoms with Crippen molar-refractivity contribution in [2.24, 2.45) is 0 Å². The van der Waals surface area contributed by atoms with Crippen LogP contribution in [0.25, 0.3) is 17.4 Å². The third kappa shape index (κ3) is 3.48. The topological polar surface area (TPSA) is 62.6 Å². The van der Waals surface area contributed by atoms with Crippen LogP contribution in [0.5, 0.6) is 0 Å². The van der Waals surface area contributed by atoms with Gasteiger partial charge in [-0.1, -0.05) is 39.7 Å². The fourth-order valence-electron chi connectivity index (χ4n) is 2.92. The van der Waals surface area contributed by atoms with Gasteiger partial charge in [0.1, 0.15) is 17.2 Å². The maximum absolute atomic E-state index is 12.7. The Bertz CT molecular complexity index is 1140. The fourth-order valence-corrected chi connectivity index (χ4v) is 3.80. The lowest BCUT2D eigenvalue weighted by Crippen LogP contribution is -2.30. The molecule has 4 rings (SSSR count). The van der Waals surface area contributed by atoms with Gasteiger partial charge >= 0.3 is 6.03 Å². The number of aryl methyl sites for hydroxylation is 1. The first kappa shape index (κ1) is 18.5. The highest BCUT2D eigenvalue weighted by Crippen LogP contribution is 2.31. The van der Waals surface area contributed by atoms with Gasteiger partial charge in [-0.15, -0.1) is 0 Å². The number of furan rings is 1. The van der Waals surface area contributed by atoms with Crippen LogP contribution >= 0.6 is 27.5 Å². The fraction of sp³-hybridized carbons (Fsp3) is 0.0476. The van der Waals surface area contributed by atoms with Gasteiger partial charge in [0, 0.05) is 21.1 Å². The molecule has 1 fully saturated rings. The van der Waals surface area contributed by atoms with Gasteiger partial charge in [-0.05, 0) is 55.0 Å². The summed E-state index contributed by atoms with van der Waals surface area (Å²) < 4.78 is 6.76. The monoisotopic (exact) mass is 456 g/mol. The Morgan fingerprint density at radius 3 is 2.68 bits per heavy atom. The first-order valence-electron chi connectivity index (χ1n) is 8.41. The second kappa shape index (κ2) is 7.30.